The molecule has 0 radical (unpaired) electrons. The van der Waals surface area contributed by atoms with Crippen molar-refractivity contribution in [2.24, 2.45) is 0 Å². The van der Waals surface area contributed by atoms with Crippen LogP contribution in [-0.2, 0) is 11.3 Å². The Bertz CT molecular complexity index is 1080. The van der Waals surface area contributed by atoms with Gasteiger partial charge in [-0.2, -0.15) is 0 Å². The Morgan fingerprint density at radius 3 is 2.62 bits per heavy atom. The van der Waals surface area contributed by atoms with Gasteiger partial charge in [0, 0.05) is 4.47 Å². The van der Waals surface area contributed by atoms with Gasteiger partial charge < -0.3 is 4.74 Å². The van der Waals surface area contributed by atoms with E-state index in [2.05, 4.69) is 36.3 Å². The molecule has 0 saturated heterocycles. The van der Waals surface area contributed by atoms with Gasteiger partial charge in [-0.3, -0.25) is 14.9 Å². The molecule has 10 heteroatoms. The molecule has 1 aliphatic carbocycles. The van der Waals surface area contributed by atoms with Crippen molar-refractivity contribution in [1.29, 1.82) is 0 Å². The minimum Gasteiger partial charge on any atom is -0.473 e. The number of halogens is 2. The van der Waals surface area contributed by atoms with Crippen molar-refractivity contribution in [2.45, 2.75) is 39.3 Å². The molecule has 0 aliphatic heterocycles. The molecule has 1 aliphatic rings. The summed E-state index contributed by atoms with van der Waals surface area (Å²) < 4.78 is 20.5. The van der Waals surface area contributed by atoms with Gasteiger partial charge in [-0.1, -0.05) is 29.8 Å². The van der Waals surface area contributed by atoms with Crippen molar-refractivity contribution in [3.63, 3.8) is 0 Å². The summed E-state index contributed by atoms with van der Waals surface area (Å²) in [6.07, 6.45) is 3.80. The molecule has 2 aromatic heterocycles. The van der Waals surface area contributed by atoms with Gasteiger partial charge in [0.2, 0.25) is 17.7 Å². The monoisotopic (exact) mass is 463 g/mol. The number of aromatic nitrogens is 4. The van der Waals surface area contributed by atoms with E-state index in [1.54, 1.807) is 18.2 Å². The maximum atomic E-state index is 12.8. The number of hydrogen-bond acceptors (Lipinski definition) is 6. The fourth-order valence-electron chi connectivity index (χ4n) is 2.44. The van der Waals surface area contributed by atoms with Crippen LogP contribution in [0.1, 0.15) is 26.7 Å². The fourth-order valence-corrected chi connectivity index (χ4v) is 2.80. The molecule has 8 nitrogen and oxygen atoms in total. The predicted molar refractivity (Wildman–Crippen MR) is 109 cm³/mol. The second kappa shape index (κ2) is 9.08. The normalized spacial score (nSPS) is 12.8. The zero-order chi connectivity index (χ0) is 21.0. The second-order valence-corrected chi connectivity index (χ2v) is 6.96. The Balaban J connectivity index is 0.00000117. The minimum atomic E-state index is -0.617. The zero-order valence-electron chi connectivity index (χ0n) is 15.9. The van der Waals surface area contributed by atoms with Crippen LogP contribution in [-0.4, -0.2) is 31.8 Å². The van der Waals surface area contributed by atoms with Crippen LogP contribution in [0, 0.1) is 5.82 Å². The molecule has 29 heavy (non-hydrogen) atoms. The highest BCUT2D eigenvalue weighted by Gasteiger charge is 2.26. The van der Waals surface area contributed by atoms with Gasteiger partial charge in [-0.05, 0) is 31.0 Å². The zero-order valence-corrected chi connectivity index (χ0v) is 17.4. The van der Waals surface area contributed by atoms with Crippen LogP contribution >= 0.6 is 15.9 Å². The molecule has 1 fully saturated rings. The molecule has 1 aromatic carbocycles. The first kappa shape index (κ1) is 20.8. The summed E-state index contributed by atoms with van der Waals surface area (Å²) in [6.45, 7) is 3.65. The number of rotatable bonds is 5. The molecular formula is C19H19BrFN5O3. The SMILES string of the molecule is CC.O=C(Cn1nc(OC2CC2)c2cc(Br)ccc2c1=O)Nc1ncc(F)cn1. The summed E-state index contributed by atoms with van der Waals surface area (Å²) in [5.41, 5.74) is -0.421. The predicted octanol–water partition coefficient (Wildman–Crippen LogP) is 3.29. The molecule has 152 valence electrons. The van der Waals surface area contributed by atoms with E-state index in [-0.39, 0.29) is 18.6 Å². The molecule has 3 aromatic rings. The van der Waals surface area contributed by atoms with Crippen molar-refractivity contribution < 1.29 is 13.9 Å². The highest BCUT2D eigenvalue weighted by molar-refractivity contribution is 9.10. The van der Waals surface area contributed by atoms with Gasteiger partial charge in [0.05, 0.1) is 23.2 Å². The number of carbonyl (C=O) groups excluding carboxylic acids is 1. The van der Waals surface area contributed by atoms with Gasteiger partial charge in [0.1, 0.15) is 12.6 Å². The van der Waals surface area contributed by atoms with Crippen molar-refractivity contribution in [3.8, 4) is 5.88 Å². The van der Waals surface area contributed by atoms with Gasteiger partial charge in [0.15, 0.2) is 5.82 Å². The Morgan fingerprint density at radius 2 is 1.97 bits per heavy atom. The average Bonchev–Trinajstić information content (AvgIpc) is 3.53. The van der Waals surface area contributed by atoms with Gasteiger partial charge >= 0.3 is 0 Å². The van der Waals surface area contributed by atoms with E-state index >= 15 is 0 Å². The summed E-state index contributed by atoms with van der Waals surface area (Å²) >= 11 is 3.38. The summed E-state index contributed by atoms with van der Waals surface area (Å²) in [6, 6.07) is 5.15. The van der Waals surface area contributed by atoms with E-state index in [1.807, 2.05) is 13.8 Å². The molecule has 1 N–H and O–H groups in total. The molecule has 4 rings (SSSR count). The van der Waals surface area contributed by atoms with Crippen LogP contribution in [0.5, 0.6) is 5.88 Å². The first-order valence-electron chi connectivity index (χ1n) is 9.14. The second-order valence-electron chi connectivity index (χ2n) is 6.05. The Kier molecular flexibility index (Phi) is 6.53. The molecule has 0 bridgehead atoms. The molecule has 0 spiro atoms. The first-order valence-corrected chi connectivity index (χ1v) is 9.93. The Labute approximate surface area is 174 Å². The minimum absolute atomic E-state index is 0.0615. The molecule has 2 heterocycles. The number of nitrogens with zero attached hydrogens (tertiary/aromatic N) is 4. The lowest BCUT2D eigenvalue weighted by atomic mass is 10.2. The fraction of sp³-hybridized carbons (Fsp3) is 0.316. The van der Waals surface area contributed by atoms with E-state index in [9.17, 15) is 14.0 Å². The molecule has 1 amide bonds. The van der Waals surface area contributed by atoms with E-state index < -0.39 is 17.3 Å². The van der Waals surface area contributed by atoms with Gasteiger partial charge in [-0.15, -0.1) is 5.10 Å². The number of fused-ring (bicyclic) bond motifs is 1. The lowest BCUT2D eigenvalue weighted by molar-refractivity contribution is -0.117. The van der Waals surface area contributed by atoms with E-state index in [4.69, 9.17) is 4.74 Å². The van der Waals surface area contributed by atoms with E-state index in [0.717, 1.165) is 34.4 Å². The van der Waals surface area contributed by atoms with Crippen LogP contribution in [0.2, 0.25) is 0 Å². The van der Waals surface area contributed by atoms with E-state index in [0.29, 0.717) is 16.7 Å². The third kappa shape index (κ3) is 5.14. The van der Waals surface area contributed by atoms with Crippen molar-refractivity contribution >= 4 is 38.6 Å². The average molecular weight is 464 g/mol. The third-order valence-electron chi connectivity index (χ3n) is 3.86. The van der Waals surface area contributed by atoms with E-state index in [1.165, 1.54) is 0 Å². The van der Waals surface area contributed by atoms with Gasteiger partial charge in [0.25, 0.3) is 5.56 Å². The van der Waals surface area contributed by atoms with Crippen LogP contribution in [0.15, 0.2) is 39.9 Å². The van der Waals surface area contributed by atoms with Crippen LogP contribution < -0.4 is 15.6 Å². The topological polar surface area (TPSA) is 99.0 Å². The van der Waals surface area contributed by atoms with Crippen LogP contribution in [0.3, 0.4) is 0 Å². The molecule has 1 saturated carbocycles. The molecule has 0 atom stereocenters. The quantitative estimate of drug-likeness (QED) is 0.622. The summed E-state index contributed by atoms with van der Waals surface area (Å²) in [7, 11) is 0. The van der Waals surface area contributed by atoms with Crippen molar-refractivity contribution in [1.82, 2.24) is 19.7 Å². The number of anilines is 1. The standard InChI is InChI=1S/C17H13BrFN5O3.C2H6/c18-9-1-4-12-13(5-9)15(27-11-2-3-11)23-24(16(12)26)8-14(25)22-17-20-6-10(19)7-21-17;1-2/h1,4-7,11H,2-3,8H2,(H,20,21,22,25);1-2H3. The number of amides is 1. The Morgan fingerprint density at radius 1 is 1.28 bits per heavy atom. The van der Waals surface area contributed by atoms with Crippen molar-refractivity contribution in [2.75, 3.05) is 5.32 Å². The lowest BCUT2D eigenvalue weighted by Gasteiger charge is -2.11. The summed E-state index contributed by atoms with van der Waals surface area (Å²) in [4.78, 5) is 32.2. The summed E-state index contributed by atoms with van der Waals surface area (Å²) in [5.74, 6) is -0.939. The molecular weight excluding hydrogens is 445 g/mol. The first-order chi connectivity index (χ1) is 14.0. The number of nitrogens with one attached hydrogen (secondary N) is 1. The maximum Gasteiger partial charge on any atom is 0.275 e. The smallest absolute Gasteiger partial charge is 0.275 e. The Hall–Kier alpha value is -2.88. The van der Waals surface area contributed by atoms with Gasteiger partial charge in [-0.25, -0.2) is 19.0 Å². The third-order valence-corrected chi connectivity index (χ3v) is 4.35. The highest BCUT2D eigenvalue weighted by Crippen LogP contribution is 2.30. The largest absolute Gasteiger partial charge is 0.473 e. The summed E-state index contributed by atoms with van der Waals surface area (Å²) in [5, 5.41) is 7.60. The number of ether oxygens (including phenoxy) is 1. The number of carbonyl (C=O) groups is 1. The maximum absolute atomic E-state index is 12.8. The lowest BCUT2D eigenvalue weighted by Crippen LogP contribution is -2.30. The van der Waals surface area contributed by atoms with Crippen LogP contribution in [0.25, 0.3) is 10.8 Å². The number of hydrogen-bond donors (Lipinski definition) is 1. The highest BCUT2D eigenvalue weighted by atomic mass is 79.9. The molecule has 0 unspecified atom stereocenters. The van der Waals surface area contributed by atoms with Crippen molar-refractivity contribution in [3.05, 3.63) is 51.2 Å². The van der Waals surface area contributed by atoms with Crippen LogP contribution in [0.4, 0.5) is 10.3 Å². The number of benzene rings is 1.